The summed E-state index contributed by atoms with van der Waals surface area (Å²) in [5.41, 5.74) is 0.539. The van der Waals surface area contributed by atoms with Gasteiger partial charge in [0.15, 0.2) is 0 Å². The first kappa shape index (κ1) is 13.0. The van der Waals surface area contributed by atoms with E-state index in [1.165, 1.54) is 12.8 Å². The zero-order chi connectivity index (χ0) is 11.3. The number of hydrogen-bond acceptors (Lipinski definition) is 2. The van der Waals surface area contributed by atoms with Crippen molar-refractivity contribution < 1.29 is 4.74 Å². The lowest BCUT2D eigenvalue weighted by Gasteiger charge is -2.18. The third-order valence-electron chi connectivity index (χ3n) is 3.41. The lowest BCUT2D eigenvalue weighted by molar-refractivity contribution is 0.143. The molecule has 0 heterocycles. The standard InChI is InChI=1S/C13H27NO/c1-5-15-8-6-7-14-12-10-13(3,4)9-11(12)2/h11-12,14H,5-10H2,1-4H3. The van der Waals surface area contributed by atoms with Crippen LogP contribution in [0.15, 0.2) is 0 Å². The minimum atomic E-state index is 0.539. The highest BCUT2D eigenvalue weighted by molar-refractivity contribution is 4.90. The molecule has 0 radical (unpaired) electrons. The van der Waals surface area contributed by atoms with Crippen LogP contribution in [0, 0.1) is 11.3 Å². The smallest absolute Gasteiger partial charge is 0.0477 e. The summed E-state index contributed by atoms with van der Waals surface area (Å²) >= 11 is 0. The number of nitrogens with one attached hydrogen (secondary N) is 1. The van der Waals surface area contributed by atoms with E-state index < -0.39 is 0 Å². The summed E-state index contributed by atoms with van der Waals surface area (Å²) in [4.78, 5) is 0. The molecule has 90 valence electrons. The lowest BCUT2D eigenvalue weighted by atomic mass is 9.91. The molecule has 2 heteroatoms. The molecule has 2 atom stereocenters. The summed E-state index contributed by atoms with van der Waals surface area (Å²) in [7, 11) is 0. The molecule has 0 spiro atoms. The maximum absolute atomic E-state index is 5.33. The zero-order valence-electron chi connectivity index (χ0n) is 10.8. The number of ether oxygens (including phenoxy) is 1. The Balaban J connectivity index is 2.11. The molecule has 0 aromatic rings. The predicted octanol–water partition coefficient (Wildman–Crippen LogP) is 2.83. The Morgan fingerprint density at radius 1 is 1.33 bits per heavy atom. The van der Waals surface area contributed by atoms with Crippen molar-refractivity contribution in [3.63, 3.8) is 0 Å². The van der Waals surface area contributed by atoms with Gasteiger partial charge in [0, 0.05) is 19.3 Å². The monoisotopic (exact) mass is 213 g/mol. The third-order valence-corrected chi connectivity index (χ3v) is 3.41. The second-order valence-corrected chi connectivity index (χ2v) is 5.66. The lowest BCUT2D eigenvalue weighted by Crippen LogP contribution is -2.32. The SMILES string of the molecule is CCOCCCNC1CC(C)(C)CC1C. The van der Waals surface area contributed by atoms with Gasteiger partial charge < -0.3 is 10.1 Å². The second-order valence-electron chi connectivity index (χ2n) is 5.66. The predicted molar refractivity (Wildman–Crippen MR) is 65.1 cm³/mol. The van der Waals surface area contributed by atoms with Gasteiger partial charge in [-0.05, 0) is 44.1 Å². The fourth-order valence-electron chi connectivity index (χ4n) is 2.77. The van der Waals surface area contributed by atoms with Gasteiger partial charge >= 0.3 is 0 Å². The van der Waals surface area contributed by atoms with Gasteiger partial charge in [0.05, 0.1) is 0 Å². The molecule has 1 fully saturated rings. The van der Waals surface area contributed by atoms with Crippen LogP contribution in [0.1, 0.15) is 47.0 Å². The van der Waals surface area contributed by atoms with Crippen molar-refractivity contribution in [3.05, 3.63) is 0 Å². The topological polar surface area (TPSA) is 21.3 Å². The summed E-state index contributed by atoms with van der Waals surface area (Å²) in [5, 5.41) is 3.67. The van der Waals surface area contributed by atoms with Crippen LogP contribution in [0.2, 0.25) is 0 Å². The van der Waals surface area contributed by atoms with E-state index in [1.54, 1.807) is 0 Å². The summed E-state index contributed by atoms with van der Waals surface area (Å²) in [6.07, 6.45) is 3.82. The van der Waals surface area contributed by atoms with Crippen LogP contribution in [0.25, 0.3) is 0 Å². The van der Waals surface area contributed by atoms with E-state index in [0.29, 0.717) is 5.41 Å². The molecule has 0 saturated heterocycles. The van der Waals surface area contributed by atoms with Gasteiger partial charge in [-0.15, -0.1) is 0 Å². The highest BCUT2D eigenvalue weighted by Crippen LogP contribution is 2.40. The molecule has 0 bridgehead atoms. The maximum Gasteiger partial charge on any atom is 0.0477 e. The maximum atomic E-state index is 5.33. The average Bonchev–Trinajstić information content (AvgIpc) is 2.39. The van der Waals surface area contributed by atoms with E-state index in [2.05, 4.69) is 33.0 Å². The van der Waals surface area contributed by atoms with Gasteiger partial charge in [-0.1, -0.05) is 20.8 Å². The Morgan fingerprint density at radius 3 is 2.60 bits per heavy atom. The van der Waals surface area contributed by atoms with E-state index in [4.69, 9.17) is 4.74 Å². The van der Waals surface area contributed by atoms with E-state index in [-0.39, 0.29) is 0 Å². The summed E-state index contributed by atoms with van der Waals surface area (Å²) < 4.78 is 5.33. The molecule has 1 saturated carbocycles. The summed E-state index contributed by atoms with van der Waals surface area (Å²) in [5.74, 6) is 0.826. The first-order chi connectivity index (χ1) is 7.05. The van der Waals surface area contributed by atoms with Crippen LogP contribution in [0.3, 0.4) is 0 Å². The minimum absolute atomic E-state index is 0.539. The Kier molecular flexibility index (Phi) is 5.07. The molecule has 0 aliphatic heterocycles. The largest absolute Gasteiger partial charge is 0.382 e. The Hall–Kier alpha value is -0.0800. The molecular weight excluding hydrogens is 186 g/mol. The van der Waals surface area contributed by atoms with E-state index in [1.807, 2.05) is 0 Å². The number of rotatable bonds is 6. The quantitative estimate of drug-likeness (QED) is 0.685. The van der Waals surface area contributed by atoms with E-state index >= 15 is 0 Å². The van der Waals surface area contributed by atoms with Crippen molar-refractivity contribution >= 4 is 0 Å². The van der Waals surface area contributed by atoms with Crippen LogP contribution in [-0.4, -0.2) is 25.8 Å². The molecule has 0 amide bonds. The molecule has 0 aromatic heterocycles. The molecule has 2 unspecified atom stereocenters. The Bertz CT molecular complexity index is 179. The number of hydrogen-bond donors (Lipinski definition) is 1. The first-order valence-electron chi connectivity index (χ1n) is 6.36. The first-order valence-corrected chi connectivity index (χ1v) is 6.36. The molecule has 1 aliphatic rings. The van der Waals surface area contributed by atoms with Crippen molar-refractivity contribution in [1.82, 2.24) is 5.32 Å². The van der Waals surface area contributed by atoms with E-state index in [9.17, 15) is 0 Å². The summed E-state index contributed by atoms with van der Waals surface area (Å²) in [6, 6.07) is 0.724. The zero-order valence-corrected chi connectivity index (χ0v) is 10.8. The van der Waals surface area contributed by atoms with Crippen molar-refractivity contribution in [2.75, 3.05) is 19.8 Å². The van der Waals surface area contributed by atoms with Gasteiger partial charge in [0.1, 0.15) is 0 Å². The highest BCUT2D eigenvalue weighted by atomic mass is 16.5. The van der Waals surface area contributed by atoms with Crippen molar-refractivity contribution in [1.29, 1.82) is 0 Å². The second kappa shape index (κ2) is 5.86. The van der Waals surface area contributed by atoms with Crippen molar-refractivity contribution in [2.45, 2.75) is 53.0 Å². The van der Waals surface area contributed by atoms with Gasteiger partial charge in [-0.2, -0.15) is 0 Å². The minimum Gasteiger partial charge on any atom is -0.382 e. The molecule has 1 aliphatic carbocycles. The van der Waals surface area contributed by atoms with Crippen LogP contribution in [0.4, 0.5) is 0 Å². The highest BCUT2D eigenvalue weighted by Gasteiger charge is 2.35. The van der Waals surface area contributed by atoms with Gasteiger partial charge in [0.2, 0.25) is 0 Å². The van der Waals surface area contributed by atoms with Crippen LogP contribution in [0.5, 0.6) is 0 Å². The molecule has 2 nitrogen and oxygen atoms in total. The van der Waals surface area contributed by atoms with Crippen LogP contribution >= 0.6 is 0 Å². The molecule has 1 N–H and O–H groups in total. The van der Waals surface area contributed by atoms with Crippen molar-refractivity contribution in [2.24, 2.45) is 11.3 Å². The van der Waals surface area contributed by atoms with Crippen LogP contribution in [-0.2, 0) is 4.74 Å². The average molecular weight is 213 g/mol. The Morgan fingerprint density at radius 2 is 2.07 bits per heavy atom. The van der Waals surface area contributed by atoms with Gasteiger partial charge in [0.25, 0.3) is 0 Å². The Labute approximate surface area is 94.8 Å². The normalized spacial score (nSPS) is 29.6. The molecule has 15 heavy (non-hydrogen) atoms. The third kappa shape index (κ3) is 4.52. The molecular formula is C13H27NO. The fraction of sp³-hybridized carbons (Fsp3) is 1.00. The van der Waals surface area contributed by atoms with Gasteiger partial charge in [-0.3, -0.25) is 0 Å². The van der Waals surface area contributed by atoms with E-state index in [0.717, 1.165) is 38.1 Å². The fourth-order valence-corrected chi connectivity index (χ4v) is 2.77. The van der Waals surface area contributed by atoms with Crippen LogP contribution < -0.4 is 5.32 Å². The summed E-state index contributed by atoms with van der Waals surface area (Å²) in [6.45, 7) is 12.0. The molecule has 1 rings (SSSR count). The van der Waals surface area contributed by atoms with Gasteiger partial charge in [-0.25, -0.2) is 0 Å². The van der Waals surface area contributed by atoms with Crippen molar-refractivity contribution in [3.8, 4) is 0 Å². The molecule has 0 aromatic carbocycles.